The summed E-state index contributed by atoms with van der Waals surface area (Å²) in [4.78, 5) is 15.5. The fraction of sp³-hybridized carbons (Fsp3) is 0.647. The first kappa shape index (κ1) is 16.7. The summed E-state index contributed by atoms with van der Waals surface area (Å²) in [5.74, 6) is 0.691. The molecule has 2 heterocycles. The number of nitrogens with zero attached hydrogens (tertiary/aromatic N) is 1. The minimum Gasteiger partial charge on any atom is -0.370 e. The first-order valence-corrected chi connectivity index (χ1v) is 8.44. The predicted octanol–water partition coefficient (Wildman–Crippen LogP) is 2.14. The number of rotatable bonds is 9. The summed E-state index contributed by atoms with van der Waals surface area (Å²) in [5.41, 5.74) is 13.3. The predicted molar refractivity (Wildman–Crippen MR) is 89.6 cm³/mol. The van der Waals surface area contributed by atoms with Crippen LogP contribution in [0.25, 0.3) is 0 Å². The van der Waals surface area contributed by atoms with E-state index in [1.807, 2.05) is 0 Å². The van der Waals surface area contributed by atoms with E-state index in [4.69, 9.17) is 16.5 Å². The topological polar surface area (TPSA) is 94.0 Å². The van der Waals surface area contributed by atoms with Crippen molar-refractivity contribution in [3.05, 3.63) is 23.4 Å². The summed E-state index contributed by atoms with van der Waals surface area (Å²) in [5, 5.41) is 3.38. The smallest absolute Gasteiger partial charge is 0.234 e. The van der Waals surface area contributed by atoms with Gasteiger partial charge in [-0.1, -0.05) is 31.7 Å². The van der Waals surface area contributed by atoms with Gasteiger partial charge in [0.25, 0.3) is 0 Å². The highest BCUT2D eigenvalue weighted by molar-refractivity contribution is 5.79. The maximum atomic E-state index is 10.8. The Morgan fingerprint density at radius 1 is 1.23 bits per heavy atom. The molecule has 5 N–H and O–H groups in total. The molecule has 5 heteroatoms. The lowest BCUT2D eigenvalue weighted by Crippen LogP contribution is -2.36. The Bertz CT molecular complexity index is 490. The van der Waals surface area contributed by atoms with Gasteiger partial charge in [0.05, 0.1) is 6.04 Å². The lowest BCUT2D eigenvalue weighted by molar-refractivity contribution is -0.119. The molecule has 1 aliphatic heterocycles. The van der Waals surface area contributed by atoms with Gasteiger partial charge in [-0.15, -0.1) is 0 Å². The Hall–Kier alpha value is -1.62. The first-order valence-electron chi connectivity index (χ1n) is 8.44. The number of aromatic nitrogens is 1. The Morgan fingerprint density at radius 2 is 2.00 bits per heavy atom. The number of unbranched alkanes of at least 4 members (excludes halogenated alkanes) is 4. The molecule has 0 saturated carbocycles. The molecule has 2 rings (SSSR count). The molecule has 0 saturated heterocycles. The molecule has 0 spiro atoms. The Balaban J connectivity index is 1.58. The van der Waals surface area contributed by atoms with Crippen molar-refractivity contribution in [1.29, 1.82) is 0 Å². The van der Waals surface area contributed by atoms with E-state index in [1.165, 1.54) is 30.5 Å². The second-order valence-corrected chi connectivity index (χ2v) is 6.16. The summed E-state index contributed by atoms with van der Waals surface area (Å²) in [6.07, 6.45) is 9.70. The first-order chi connectivity index (χ1) is 10.7. The van der Waals surface area contributed by atoms with E-state index in [2.05, 4.69) is 17.4 Å². The highest BCUT2D eigenvalue weighted by Crippen LogP contribution is 2.20. The largest absolute Gasteiger partial charge is 0.370 e. The van der Waals surface area contributed by atoms with Crippen molar-refractivity contribution in [2.75, 3.05) is 11.9 Å². The highest BCUT2D eigenvalue weighted by atomic mass is 16.1. The normalized spacial score (nSPS) is 15.0. The maximum Gasteiger partial charge on any atom is 0.234 e. The molecule has 22 heavy (non-hydrogen) atoms. The van der Waals surface area contributed by atoms with Crippen LogP contribution in [0.1, 0.15) is 56.2 Å². The monoisotopic (exact) mass is 304 g/mol. The van der Waals surface area contributed by atoms with E-state index in [-0.39, 0.29) is 0 Å². The molecule has 1 amide bonds. The van der Waals surface area contributed by atoms with Crippen LogP contribution in [0.3, 0.4) is 0 Å². The van der Waals surface area contributed by atoms with Crippen LogP contribution in [-0.2, 0) is 17.6 Å². The van der Waals surface area contributed by atoms with Gasteiger partial charge in [0.1, 0.15) is 5.82 Å². The molecule has 0 fully saturated rings. The average Bonchev–Trinajstić information content (AvgIpc) is 2.53. The SMILES string of the molecule is NC(=O)C(N)CCCCCCCc1ccc2c(n1)NCCC2. The molecule has 1 atom stereocenters. The maximum absolute atomic E-state index is 10.8. The van der Waals surface area contributed by atoms with Gasteiger partial charge >= 0.3 is 0 Å². The second kappa shape index (κ2) is 8.73. The third-order valence-electron chi connectivity index (χ3n) is 4.27. The molecule has 1 aliphatic rings. The van der Waals surface area contributed by atoms with Gasteiger partial charge in [0, 0.05) is 12.2 Å². The standard InChI is InChI=1S/C17H28N4O/c18-15(16(19)22)9-5-3-1-2-4-8-14-11-10-13-7-6-12-20-17(13)21-14/h10-11,15H,1-9,12,18H2,(H2,19,22)(H,20,21). The van der Waals surface area contributed by atoms with E-state index < -0.39 is 11.9 Å². The number of carbonyl (C=O) groups is 1. The number of amides is 1. The van der Waals surface area contributed by atoms with Gasteiger partial charge in [-0.05, 0) is 43.7 Å². The Labute approximate surface area is 132 Å². The van der Waals surface area contributed by atoms with Crippen molar-refractivity contribution in [3.63, 3.8) is 0 Å². The summed E-state index contributed by atoms with van der Waals surface area (Å²) >= 11 is 0. The lowest BCUT2D eigenvalue weighted by atomic mass is 10.0. The van der Waals surface area contributed by atoms with Crippen molar-refractivity contribution in [3.8, 4) is 0 Å². The number of hydrogen-bond donors (Lipinski definition) is 3. The number of nitrogens with one attached hydrogen (secondary N) is 1. The van der Waals surface area contributed by atoms with E-state index in [1.54, 1.807) is 0 Å². The molecule has 1 aromatic rings. The molecule has 1 unspecified atom stereocenters. The van der Waals surface area contributed by atoms with E-state index in [9.17, 15) is 4.79 Å². The molecule has 0 bridgehead atoms. The molecule has 0 aliphatic carbocycles. The molecule has 0 aromatic carbocycles. The summed E-state index contributed by atoms with van der Waals surface area (Å²) in [7, 11) is 0. The number of aryl methyl sites for hydroxylation is 2. The molecule has 0 radical (unpaired) electrons. The van der Waals surface area contributed by atoms with Crippen LogP contribution < -0.4 is 16.8 Å². The van der Waals surface area contributed by atoms with Gasteiger partial charge < -0.3 is 16.8 Å². The third kappa shape index (κ3) is 5.30. The lowest BCUT2D eigenvalue weighted by Gasteiger charge is -2.17. The number of hydrogen-bond acceptors (Lipinski definition) is 4. The van der Waals surface area contributed by atoms with E-state index in [0.29, 0.717) is 6.42 Å². The van der Waals surface area contributed by atoms with Crippen molar-refractivity contribution >= 4 is 11.7 Å². The number of nitrogens with two attached hydrogens (primary N) is 2. The molecular weight excluding hydrogens is 276 g/mol. The fourth-order valence-corrected chi connectivity index (χ4v) is 2.85. The number of anilines is 1. The van der Waals surface area contributed by atoms with Crippen LogP contribution in [-0.4, -0.2) is 23.5 Å². The zero-order valence-corrected chi connectivity index (χ0v) is 13.3. The summed E-state index contributed by atoms with van der Waals surface area (Å²) in [6, 6.07) is 3.90. The van der Waals surface area contributed by atoms with Crippen LogP contribution >= 0.6 is 0 Å². The van der Waals surface area contributed by atoms with Gasteiger partial charge in [0.2, 0.25) is 5.91 Å². The van der Waals surface area contributed by atoms with Crippen LogP contribution in [0.2, 0.25) is 0 Å². The minimum atomic E-state index is -0.479. The van der Waals surface area contributed by atoms with Gasteiger partial charge in [-0.25, -0.2) is 4.98 Å². The van der Waals surface area contributed by atoms with E-state index >= 15 is 0 Å². The number of pyridine rings is 1. The summed E-state index contributed by atoms with van der Waals surface area (Å²) < 4.78 is 0. The Kier molecular flexibility index (Phi) is 6.65. The van der Waals surface area contributed by atoms with Crippen LogP contribution in [0.5, 0.6) is 0 Å². The minimum absolute atomic E-state index is 0.396. The van der Waals surface area contributed by atoms with Gasteiger partial charge in [-0.2, -0.15) is 0 Å². The zero-order valence-electron chi connectivity index (χ0n) is 13.3. The van der Waals surface area contributed by atoms with Crippen LogP contribution in [0.4, 0.5) is 5.82 Å². The van der Waals surface area contributed by atoms with Crippen LogP contribution in [0, 0.1) is 0 Å². The van der Waals surface area contributed by atoms with Crippen molar-refractivity contribution in [2.45, 2.75) is 63.8 Å². The number of fused-ring (bicyclic) bond motifs is 1. The van der Waals surface area contributed by atoms with Crippen LogP contribution in [0.15, 0.2) is 12.1 Å². The zero-order chi connectivity index (χ0) is 15.8. The molecular formula is C17H28N4O. The Morgan fingerprint density at radius 3 is 2.82 bits per heavy atom. The molecule has 1 aromatic heterocycles. The van der Waals surface area contributed by atoms with Crippen molar-refractivity contribution in [1.82, 2.24) is 4.98 Å². The van der Waals surface area contributed by atoms with Crippen molar-refractivity contribution < 1.29 is 4.79 Å². The summed E-state index contributed by atoms with van der Waals surface area (Å²) in [6.45, 7) is 1.04. The van der Waals surface area contributed by atoms with Gasteiger partial charge in [-0.3, -0.25) is 4.79 Å². The molecule has 122 valence electrons. The fourth-order valence-electron chi connectivity index (χ4n) is 2.85. The quantitative estimate of drug-likeness (QED) is 0.609. The number of primary amides is 1. The van der Waals surface area contributed by atoms with Gasteiger partial charge in [0.15, 0.2) is 0 Å². The second-order valence-electron chi connectivity index (χ2n) is 6.16. The van der Waals surface area contributed by atoms with Crippen molar-refractivity contribution in [2.24, 2.45) is 11.5 Å². The third-order valence-corrected chi connectivity index (χ3v) is 4.27. The molecule has 5 nitrogen and oxygen atoms in total. The van der Waals surface area contributed by atoms with E-state index in [0.717, 1.165) is 44.5 Å². The number of carbonyl (C=O) groups excluding carboxylic acids is 1. The average molecular weight is 304 g/mol. The highest BCUT2D eigenvalue weighted by Gasteiger charge is 2.10.